The second kappa shape index (κ2) is 8.79. The minimum atomic E-state index is -0.942. The van der Waals surface area contributed by atoms with Crippen molar-refractivity contribution in [3.05, 3.63) is 38.4 Å². The van der Waals surface area contributed by atoms with E-state index in [4.69, 9.17) is 10.00 Å². The second-order valence-corrected chi connectivity index (χ2v) is 7.53. The zero-order chi connectivity index (χ0) is 18.4. The Morgan fingerprint density at radius 1 is 1.40 bits per heavy atom. The van der Waals surface area contributed by atoms with Gasteiger partial charge in [0.15, 0.2) is 6.10 Å². The molecular weight excluding hydrogens is 356 g/mol. The van der Waals surface area contributed by atoms with E-state index in [9.17, 15) is 9.59 Å². The number of ether oxygens (including phenoxy) is 1. The van der Waals surface area contributed by atoms with Crippen LogP contribution in [0.4, 0.5) is 5.00 Å². The predicted molar refractivity (Wildman–Crippen MR) is 100 cm³/mol. The van der Waals surface area contributed by atoms with Crippen molar-refractivity contribution in [3.63, 3.8) is 0 Å². The SMILES string of the molecule is CCCc1sc(C(=O)O[C@@H](C)C(=O)Nc2sccc2C#N)cc1CC. The van der Waals surface area contributed by atoms with E-state index < -0.39 is 18.0 Å². The maximum Gasteiger partial charge on any atom is 0.349 e. The summed E-state index contributed by atoms with van der Waals surface area (Å²) in [6.45, 7) is 5.68. The van der Waals surface area contributed by atoms with Gasteiger partial charge in [-0.25, -0.2) is 4.79 Å². The molecule has 132 valence electrons. The van der Waals surface area contributed by atoms with Gasteiger partial charge in [-0.2, -0.15) is 5.26 Å². The van der Waals surface area contributed by atoms with Gasteiger partial charge in [0.05, 0.1) is 5.56 Å². The van der Waals surface area contributed by atoms with E-state index in [1.165, 1.54) is 34.5 Å². The van der Waals surface area contributed by atoms with Gasteiger partial charge < -0.3 is 10.1 Å². The van der Waals surface area contributed by atoms with E-state index in [1.807, 2.05) is 12.1 Å². The molecule has 0 spiro atoms. The van der Waals surface area contributed by atoms with Crippen molar-refractivity contribution in [2.24, 2.45) is 0 Å². The number of carbonyl (C=O) groups is 2. The average molecular weight is 377 g/mol. The summed E-state index contributed by atoms with van der Waals surface area (Å²) in [5.74, 6) is -0.940. The summed E-state index contributed by atoms with van der Waals surface area (Å²) in [5, 5.41) is 13.8. The molecule has 7 heteroatoms. The highest BCUT2D eigenvalue weighted by molar-refractivity contribution is 7.14. The van der Waals surface area contributed by atoms with Crippen LogP contribution in [0.3, 0.4) is 0 Å². The first kappa shape index (κ1) is 19.2. The van der Waals surface area contributed by atoms with Crippen LogP contribution >= 0.6 is 22.7 Å². The number of anilines is 1. The van der Waals surface area contributed by atoms with Crippen LogP contribution in [-0.2, 0) is 22.4 Å². The molecule has 0 saturated carbocycles. The van der Waals surface area contributed by atoms with Crippen molar-refractivity contribution >= 4 is 39.6 Å². The Balaban J connectivity index is 2.02. The molecule has 2 rings (SSSR count). The molecule has 1 N–H and O–H groups in total. The van der Waals surface area contributed by atoms with Gasteiger partial charge in [0.1, 0.15) is 15.9 Å². The van der Waals surface area contributed by atoms with E-state index in [1.54, 1.807) is 11.4 Å². The van der Waals surface area contributed by atoms with Crippen LogP contribution in [0.2, 0.25) is 0 Å². The van der Waals surface area contributed by atoms with Crippen LogP contribution in [0.15, 0.2) is 17.5 Å². The van der Waals surface area contributed by atoms with Gasteiger partial charge in [0.2, 0.25) is 0 Å². The topological polar surface area (TPSA) is 79.2 Å². The number of nitriles is 1. The molecule has 2 heterocycles. The molecule has 0 aliphatic carbocycles. The Labute approximate surface area is 155 Å². The molecule has 2 aromatic rings. The first-order valence-corrected chi connectivity index (χ1v) is 9.80. The summed E-state index contributed by atoms with van der Waals surface area (Å²) < 4.78 is 5.29. The Bertz CT molecular complexity index is 802. The summed E-state index contributed by atoms with van der Waals surface area (Å²) in [5.41, 5.74) is 1.56. The third kappa shape index (κ3) is 4.68. The Kier molecular flexibility index (Phi) is 6.73. The van der Waals surface area contributed by atoms with Crippen LogP contribution in [0.1, 0.15) is 52.9 Å². The molecule has 0 aliphatic heterocycles. The van der Waals surface area contributed by atoms with Crippen molar-refractivity contribution in [2.75, 3.05) is 5.32 Å². The first-order chi connectivity index (χ1) is 12.0. The van der Waals surface area contributed by atoms with Crippen LogP contribution in [0.5, 0.6) is 0 Å². The lowest BCUT2D eigenvalue weighted by Gasteiger charge is -2.12. The van der Waals surface area contributed by atoms with Gasteiger partial charge in [-0.05, 0) is 42.8 Å². The van der Waals surface area contributed by atoms with Gasteiger partial charge in [-0.1, -0.05) is 20.3 Å². The number of hydrogen-bond acceptors (Lipinski definition) is 6. The normalized spacial score (nSPS) is 11.6. The fourth-order valence-electron chi connectivity index (χ4n) is 2.28. The number of nitrogens with zero attached hydrogens (tertiary/aromatic N) is 1. The zero-order valence-corrected chi connectivity index (χ0v) is 16.1. The maximum absolute atomic E-state index is 12.3. The van der Waals surface area contributed by atoms with E-state index >= 15 is 0 Å². The summed E-state index contributed by atoms with van der Waals surface area (Å²) in [7, 11) is 0. The van der Waals surface area contributed by atoms with E-state index in [0.717, 1.165) is 24.8 Å². The van der Waals surface area contributed by atoms with Crippen LogP contribution in [0, 0.1) is 11.3 Å². The minimum Gasteiger partial charge on any atom is -0.448 e. The first-order valence-electron chi connectivity index (χ1n) is 8.11. The van der Waals surface area contributed by atoms with Crippen LogP contribution in [-0.4, -0.2) is 18.0 Å². The lowest BCUT2D eigenvalue weighted by molar-refractivity contribution is -0.123. The van der Waals surface area contributed by atoms with Crippen molar-refractivity contribution < 1.29 is 14.3 Å². The maximum atomic E-state index is 12.3. The quantitative estimate of drug-likeness (QED) is 0.727. The molecule has 1 amide bonds. The average Bonchev–Trinajstić information content (AvgIpc) is 3.21. The molecule has 25 heavy (non-hydrogen) atoms. The highest BCUT2D eigenvalue weighted by Crippen LogP contribution is 2.26. The van der Waals surface area contributed by atoms with Crippen molar-refractivity contribution in [1.82, 2.24) is 0 Å². The molecule has 0 fully saturated rings. The van der Waals surface area contributed by atoms with Crippen LogP contribution in [0.25, 0.3) is 0 Å². The lowest BCUT2D eigenvalue weighted by Crippen LogP contribution is -2.29. The highest BCUT2D eigenvalue weighted by atomic mass is 32.1. The number of thiophene rings is 2. The summed E-state index contributed by atoms with van der Waals surface area (Å²) in [4.78, 5) is 26.2. The standard InChI is InChI=1S/C18H20N2O3S2/c1-4-6-14-12(5-2)9-15(25-14)18(22)23-11(3)16(21)20-17-13(10-19)7-8-24-17/h7-9,11H,4-6H2,1-3H3,(H,20,21)/t11-/m0/s1. The molecule has 0 saturated heterocycles. The third-order valence-corrected chi connectivity index (χ3v) is 5.68. The molecular formula is C18H20N2O3S2. The fourth-order valence-corrected chi connectivity index (χ4v) is 4.26. The van der Waals surface area contributed by atoms with Gasteiger partial charge in [-0.3, -0.25) is 4.79 Å². The molecule has 5 nitrogen and oxygen atoms in total. The number of rotatable bonds is 7. The Hall–Kier alpha value is -2.17. The molecule has 0 unspecified atom stereocenters. The van der Waals surface area contributed by atoms with Gasteiger partial charge in [-0.15, -0.1) is 22.7 Å². The van der Waals surface area contributed by atoms with Gasteiger partial charge >= 0.3 is 5.97 Å². The second-order valence-electron chi connectivity index (χ2n) is 5.47. The number of nitrogens with one attached hydrogen (secondary N) is 1. The van der Waals surface area contributed by atoms with Crippen molar-refractivity contribution in [1.29, 1.82) is 5.26 Å². The molecule has 0 bridgehead atoms. The van der Waals surface area contributed by atoms with E-state index in [-0.39, 0.29) is 0 Å². The lowest BCUT2D eigenvalue weighted by atomic mass is 10.1. The van der Waals surface area contributed by atoms with E-state index in [2.05, 4.69) is 19.2 Å². The molecule has 0 aromatic carbocycles. The van der Waals surface area contributed by atoms with E-state index in [0.29, 0.717) is 15.4 Å². The molecule has 1 atom stereocenters. The smallest absolute Gasteiger partial charge is 0.349 e. The zero-order valence-electron chi connectivity index (χ0n) is 14.4. The summed E-state index contributed by atoms with van der Waals surface area (Å²) >= 11 is 2.69. The number of aryl methyl sites for hydroxylation is 2. The van der Waals surface area contributed by atoms with Crippen molar-refractivity contribution in [2.45, 2.75) is 46.1 Å². The van der Waals surface area contributed by atoms with Gasteiger partial charge in [0, 0.05) is 4.88 Å². The third-order valence-electron chi connectivity index (χ3n) is 3.63. The largest absolute Gasteiger partial charge is 0.448 e. The number of hydrogen-bond donors (Lipinski definition) is 1. The number of amides is 1. The monoisotopic (exact) mass is 376 g/mol. The summed E-state index contributed by atoms with van der Waals surface area (Å²) in [6, 6.07) is 5.49. The molecule has 0 radical (unpaired) electrons. The Morgan fingerprint density at radius 2 is 2.16 bits per heavy atom. The Morgan fingerprint density at radius 3 is 2.80 bits per heavy atom. The fraction of sp³-hybridized carbons (Fsp3) is 0.389. The van der Waals surface area contributed by atoms with Crippen LogP contribution < -0.4 is 5.32 Å². The van der Waals surface area contributed by atoms with Crippen molar-refractivity contribution in [3.8, 4) is 6.07 Å². The number of carbonyl (C=O) groups excluding carboxylic acids is 2. The number of esters is 1. The molecule has 2 aromatic heterocycles. The summed E-state index contributed by atoms with van der Waals surface area (Å²) in [6.07, 6.45) is 1.88. The highest BCUT2D eigenvalue weighted by Gasteiger charge is 2.22. The van der Waals surface area contributed by atoms with Gasteiger partial charge in [0.25, 0.3) is 5.91 Å². The minimum absolute atomic E-state index is 0.395. The molecule has 0 aliphatic rings. The predicted octanol–water partition coefficient (Wildman–Crippen LogP) is 4.38.